The summed E-state index contributed by atoms with van der Waals surface area (Å²) in [5.41, 5.74) is 6.09. The monoisotopic (exact) mass is 310 g/mol. The maximum absolute atomic E-state index is 14.2. The second-order valence-electron chi connectivity index (χ2n) is 5.03. The summed E-state index contributed by atoms with van der Waals surface area (Å²) in [5, 5.41) is 0. The van der Waals surface area contributed by atoms with E-state index in [0.29, 0.717) is 12.4 Å². The van der Waals surface area contributed by atoms with Gasteiger partial charge in [-0.15, -0.1) is 0 Å². The van der Waals surface area contributed by atoms with Gasteiger partial charge < -0.3 is 10.3 Å². The number of hydrogen-bond donors (Lipinski definition) is 1. The van der Waals surface area contributed by atoms with E-state index < -0.39 is 15.8 Å². The van der Waals surface area contributed by atoms with Crippen molar-refractivity contribution >= 4 is 15.7 Å². The highest BCUT2D eigenvalue weighted by Gasteiger charge is 2.31. The molecule has 2 N–H and O–H groups in total. The van der Waals surface area contributed by atoms with Crippen LogP contribution in [0, 0.1) is 12.7 Å². The standard InChI is InChI=1S/C13H15FN4O2S/c1-9-6-10(15)7-11(13(9)14)21(19,20)18-5-4-17-3-2-16-12(17)8-18/h2-3,6-7H,4-5,8,15H2,1H3. The fraction of sp³-hybridized carbons (Fsp3) is 0.308. The fourth-order valence-electron chi connectivity index (χ4n) is 2.45. The zero-order valence-electron chi connectivity index (χ0n) is 11.5. The number of fused-ring (bicyclic) bond motifs is 1. The number of anilines is 1. The molecule has 0 bridgehead atoms. The molecule has 0 atom stereocenters. The molecule has 8 heteroatoms. The van der Waals surface area contributed by atoms with Gasteiger partial charge in [0, 0.05) is 31.2 Å². The summed E-state index contributed by atoms with van der Waals surface area (Å²) in [6, 6.07) is 2.58. The van der Waals surface area contributed by atoms with Gasteiger partial charge in [0.05, 0.1) is 6.54 Å². The molecule has 0 radical (unpaired) electrons. The van der Waals surface area contributed by atoms with Gasteiger partial charge in [0.2, 0.25) is 10.0 Å². The molecule has 0 saturated heterocycles. The summed E-state index contributed by atoms with van der Waals surface area (Å²) in [7, 11) is -3.93. The first-order chi connectivity index (χ1) is 9.89. The summed E-state index contributed by atoms with van der Waals surface area (Å²) in [6.45, 7) is 2.40. The van der Waals surface area contributed by atoms with Crippen molar-refractivity contribution in [1.82, 2.24) is 13.9 Å². The fourth-order valence-corrected chi connectivity index (χ4v) is 4.01. The number of nitrogens with zero attached hydrogens (tertiary/aromatic N) is 3. The molecule has 0 unspecified atom stereocenters. The quantitative estimate of drug-likeness (QED) is 0.843. The Hall–Kier alpha value is -1.93. The van der Waals surface area contributed by atoms with E-state index in [4.69, 9.17) is 5.73 Å². The topological polar surface area (TPSA) is 81.2 Å². The third-order valence-electron chi connectivity index (χ3n) is 3.57. The molecule has 1 aliphatic rings. The van der Waals surface area contributed by atoms with E-state index in [1.807, 2.05) is 4.57 Å². The van der Waals surface area contributed by atoms with E-state index >= 15 is 0 Å². The number of hydrogen-bond acceptors (Lipinski definition) is 4. The summed E-state index contributed by atoms with van der Waals surface area (Å²) in [4.78, 5) is 3.74. The molecule has 0 aliphatic carbocycles. The first-order valence-electron chi connectivity index (χ1n) is 6.45. The van der Waals surface area contributed by atoms with Crippen LogP contribution in [0.1, 0.15) is 11.4 Å². The summed E-state index contributed by atoms with van der Waals surface area (Å²) >= 11 is 0. The molecule has 6 nitrogen and oxygen atoms in total. The number of nitrogen functional groups attached to an aromatic ring is 1. The van der Waals surface area contributed by atoms with Crippen LogP contribution in [0.5, 0.6) is 0 Å². The normalized spacial score (nSPS) is 15.9. The minimum absolute atomic E-state index is 0.128. The van der Waals surface area contributed by atoms with E-state index in [1.54, 1.807) is 12.4 Å². The minimum Gasteiger partial charge on any atom is -0.399 e. The van der Waals surface area contributed by atoms with Crippen LogP contribution in [0.4, 0.5) is 10.1 Å². The predicted molar refractivity (Wildman–Crippen MR) is 75.4 cm³/mol. The Bertz CT molecular complexity index is 800. The van der Waals surface area contributed by atoms with Crippen LogP contribution in [0.2, 0.25) is 0 Å². The van der Waals surface area contributed by atoms with Crippen molar-refractivity contribution in [1.29, 1.82) is 0 Å². The average molecular weight is 310 g/mol. The van der Waals surface area contributed by atoms with Gasteiger partial charge in [-0.25, -0.2) is 17.8 Å². The first-order valence-corrected chi connectivity index (χ1v) is 7.89. The van der Waals surface area contributed by atoms with Gasteiger partial charge in [-0.3, -0.25) is 0 Å². The van der Waals surface area contributed by atoms with Crippen molar-refractivity contribution in [3.05, 3.63) is 41.7 Å². The summed E-state index contributed by atoms with van der Waals surface area (Å²) in [5.74, 6) is -0.107. The lowest BCUT2D eigenvalue weighted by Crippen LogP contribution is -2.38. The summed E-state index contributed by atoms with van der Waals surface area (Å²) < 4.78 is 42.6. The van der Waals surface area contributed by atoms with Gasteiger partial charge in [0.25, 0.3) is 0 Å². The maximum atomic E-state index is 14.2. The smallest absolute Gasteiger partial charge is 0.246 e. The molecule has 3 rings (SSSR count). The largest absolute Gasteiger partial charge is 0.399 e. The Labute approximate surface area is 122 Å². The Morgan fingerprint density at radius 3 is 2.86 bits per heavy atom. The molecule has 0 spiro atoms. The lowest BCUT2D eigenvalue weighted by atomic mass is 10.2. The lowest BCUT2D eigenvalue weighted by Gasteiger charge is -2.27. The van der Waals surface area contributed by atoms with Crippen LogP contribution in [-0.2, 0) is 23.1 Å². The van der Waals surface area contributed by atoms with E-state index in [-0.39, 0.29) is 29.2 Å². The predicted octanol–water partition coefficient (Wildman–Crippen LogP) is 1.12. The molecule has 21 heavy (non-hydrogen) atoms. The molecule has 1 aliphatic heterocycles. The highest BCUT2D eigenvalue weighted by Crippen LogP contribution is 2.26. The molecule has 2 heterocycles. The van der Waals surface area contributed by atoms with Crippen LogP contribution >= 0.6 is 0 Å². The van der Waals surface area contributed by atoms with E-state index in [9.17, 15) is 12.8 Å². The molecule has 0 amide bonds. The van der Waals surface area contributed by atoms with Crippen LogP contribution in [0.3, 0.4) is 0 Å². The molecule has 112 valence electrons. The van der Waals surface area contributed by atoms with Crippen LogP contribution in [-0.4, -0.2) is 28.8 Å². The number of benzene rings is 1. The minimum atomic E-state index is -3.93. The number of halogens is 1. The Morgan fingerprint density at radius 1 is 1.33 bits per heavy atom. The van der Waals surface area contributed by atoms with Gasteiger partial charge in [-0.1, -0.05) is 0 Å². The third-order valence-corrected chi connectivity index (χ3v) is 5.42. The number of sulfonamides is 1. The van der Waals surface area contributed by atoms with E-state index in [2.05, 4.69) is 4.98 Å². The lowest BCUT2D eigenvalue weighted by molar-refractivity contribution is 0.334. The molecule has 0 saturated carbocycles. The highest BCUT2D eigenvalue weighted by atomic mass is 32.2. The molecule has 0 fully saturated rings. The Morgan fingerprint density at radius 2 is 2.10 bits per heavy atom. The van der Waals surface area contributed by atoms with Crippen LogP contribution < -0.4 is 5.73 Å². The summed E-state index contributed by atoms with van der Waals surface area (Å²) in [6.07, 6.45) is 3.42. The number of imidazole rings is 1. The number of nitrogens with two attached hydrogens (primary N) is 1. The zero-order chi connectivity index (χ0) is 15.2. The molecule has 2 aromatic rings. The SMILES string of the molecule is Cc1cc(N)cc(S(=O)(=O)N2CCn3ccnc3C2)c1F. The van der Waals surface area contributed by atoms with Crippen molar-refractivity contribution in [2.45, 2.75) is 24.9 Å². The van der Waals surface area contributed by atoms with Gasteiger partial charge in [0.1, 0.15) is 16.5 Å². The van der Waals surface area contributed by atoms with Gasteiger partial charge in [-0.05, 0) is 24.6 Å². The number of aryl methyl sites for hydroxylation is 1. The van der Waals surface area contributed by atoms with Gasteiger partial charge >= 0.3 is 0 Å². The second kappa shape index (κ2) is 4.81. The number of rotatable bonds is 2. The molecule has 1 aromatic heterocycles. The van der Waals surface area contributed by atoms with Crippen molar-refractivity contribution in [2.24, 2.45) is 0 Å². The highest BCUT2D eigenvalue weighted by molar-refractivity contribution is 7.89. The average Bonchev–Trinajstić information content (AvgIpc) is 2.89. The third kappa shape index (κ3) is 2.30. The van der Waals surface area contributed by atoms with E-state index in [1.165, 1.54) is 23.4 Å². The van der Waals surface area contributed by atoms with E-state index in [0.717, 1.165) is 0 Å². The van der Waals surface area contributed by atoms with Gasteiger partial charge in [0.15, 0.2) is 0 Å². The van der Waals surface area contributed by atoms with Crippen molar-refractivity contribution in [2.75, 3.05) is 12.3 Å². The Kier molecular flexibility index (Phi) is 3.22. The van der Waals surface area contributed by atoms with Crippen molar-refractivity contribution in [3.8, 4) is 0 Å². The number of aromatic nitrogens is 2. The first kappa shape index (κ1) is 14.0. The van der Waals surface area contributed by atoms with Gasteiger partial charge in [-0.2, -0.15) is 4.31 Å². The van der Waals surface area contributed by atoms with Crippen LogP contribution in [0.25, 0.3) is 0 Å². The van der Waals surface area contributed by atoms with Crippen LogP contribution in [0.15, 0.2) is 29.4 Å². The Balaban J connectivity index is 2.03. The maximum Gasteiger partial charge on any atom is 0.246 e. The molecular weight excluding hydrogens is 295 g/mol. The molecular formula is C13H15FN4O2S. The van der Waals surface area contributed by atoms with Crippen molar-refractivity contribution in [3.63, 3.8) is 0 Å². The zero-order valence-corrected chi connectivity index (χ0v) is 12.3. The molecule has 1 aromatic carbocycles. The second-order valence-corrected chi connectivity index (χ2v) is 6.93. The van der Waals surface area contributed by atoms with Crippen molar-refractivity contribution < 1.29 is 12.8 Å².